The zero-order valence-electron chi connectivity index (χ0n) is 49.8. The molecule has 2 aromatic heterocycles. The summed E-state index contributed by atoms with van der Waals surface area (Å²) in [4.78, 5) is 10.1. The summed E-state index contributed by atoms with van der Waals surface area (Å²) in [6.45, 7) is 21.2. The van der Waals surface area contributed by atoms with Crippen molar-refractivity contribution in [3.8, 4) is 62.2 Å². The number of pyridine rings is 1. The SMILES string of the molecule is CC(C)(C)c1ccc(-n2c3ccccc3c3ccc(Oc4cccc(N5CN(c6c(-c7cc(C(C)(C)C)cc(C(C)(C)C)c7)cccc6-c6cccc7c6-c6ccccc6C76c7ccccc7Oc7ccccc76)c6ccccc65)c4)cc32)nc1. The lowest BCUT2D eigenvalue weighted by atomic mass is 9.66. The number of benzene rings is 10. The molecule has 12 aromatic rings. The van der Waals surface area contributed by atoms with Gasteiger partial charge in [-0.15, -0.1) is 0 Å². The lowest BCUT2D eigenvalue weighted by Crippen LogP contribution is -2.32. The van der Waals surface area contributed by atoms with E-state index in [2.05, 4.69) is 307 Å². The topological polar surface area (TPSA) is 42.8 Å². The number of anilines is 4. The Morgan fingerprint density at radius 3 is 1.69 bits per heavy atom. The van der Waals surface area contributed by atoms with Crippen LogP contribution in [0.3, 0.4) is 0 Å². The third kappa shape index (κ3) is 8.31. The Morgan fingerprint density at radius 2 is 0.988 bits per heavy atom. The first-order valence-corrected chi connectivity index (χ1v) is 29.9. The van der Waals surface area contributed by atoms with E-state index in [9.17, 15) is 0 Å². The van der Waals surface area contributed by atoms with E-state index in [1.807, 2.05) is 6.20 Å². The van der Waals surface area contributed by atoms with Crippen LogP contribution in [0.25, 0.3) is 61.0 Å². The summed E-state index contributed by atoms with van der Waals surface area (Å²) in [6.07, 6.45) is 2.01. The van der Waals surface area contributed by atoms with Gasteiger partial charge in [0.1, 0.15) is 35.5 Å². The molecule has 15 rings (SSSR count). The molecule has 1 aliphatic carbocycles. The molecule has 0 unspecified atom stereocenters. The molecule has 6 heteroatoms. The van der Waals surface area contributed by atoms with E-state index >= 15 is 0 Å². The molecule has 0 atom stereocenters. The number of para-hydroxylation sites is 6. The van der Waals surface area contributed by atoms with Crippen LogP contribution in [0, 0.1) is 0 Å². The Balaban J connectivity index is 0.890. The van der Waals surface area contributed by atoms with Gasteiger partial charge < -0.3 is 19.3 Å². The number of nitrogens with zero attached hydrogens (tertiary/aromatic N) is 4. The van der Waals surface area contributed by atoms with Gasteiger partial charge in [-0.2, -0.15) is 0 Å². The van der Waals surface area contributed by atoms with Crippen molar-refractivity contribution in [2.75, 3.05) is 16.5 Å². The predicted molar refractivity (Wildman–Crippen MR) is 351 cm³/mol. The first-order chi connectivity index (χ1) is 41.0. The minimum atomic E-state index is -0.613. The number of fused-ring (bicyclic) bond motifs is 13. The molecule has 0 N–H and O–H groups in total. The first kappa shape index (κ1) is 52.2. The van der Waals surface area contributed by atoms with E-state index in [-0.39, 0.29) is 16.2 Å². The Hall–Kier alpha value is -9.65. The van der Waals surface area contributed by atoms with Crippen molar-refractivity contribution in [1.29, 1.82) is 0 Å². The van der Waals surface area contributed by atoms with E-state index in [1.54, 1.807) is 0 Å². The van der Waals surface area contributed by atoms with E-state index in [4.69, 9.17) is 14.5 Å². The Morgan fingerprint density at radius 1 is 0.424 bits per heavy atom. The Labute approximate surface area is 499 Å². The van der Waals surface area contributed by atoms with E-state index in [0.29, 0.717) is 6.67 Å². The van der Waals surface area contributed by atoms with Crippen molar-refractivity contribution in [3.63, 3.8) is 0 Å². The van der Waals surface area contributed by atoms with E-state index in [1.165, 1.54) is 61.0 Å². The highest BCUT2D eigenvalue weighted by atomic mass is 16.5. The monoisotopic (exact) mass is 1100 g/mol. The van der Waals surface area contributed by atoms with Crippen LogP contribution < -0.4 is 19.3 Å². The number of hydrogen-bond donors (Lipinski definition) is 0. The first-order valence-electron chi connectivity index (χ1n) is 29.9. The number of ether oxygens (including phenoxy) is 2. The van der Waals surface area contributed by atoms with Crippen molar-refractivity contribution < 1.29 is 9.47 Å². The predicted octanol–water partition coefficient (Wildman–Crippen LogP) is 20.9. The number of rotatable bonds is 7. The summed E-state index contributed by atoms with van der Waals surface area (Å²) in [5.41, 5.74) is 21.6. The average Bonchev–Trinajstić information content (AvgIpc) is 1.58. The molecule has 0 saturated carbocycles. The lowest BCUT2D eigenvalue weighted by molar-refractivity contribution is 0.436. The van der Waals surface area contributed by atoms with Crippen LogP contribution in [-0.2, 0) is 21.7 Å². The molecule has 6 nitrogen and oxygen atoms in total. The summed E-state index contributed by atoms with van der Waals surface area (Å²) in [6, 6.07) is 84.5. The quantitative estimate of drug-likeness (QED) is 0.159. The van der Waals surface area contributed by atoms with Crippen LogP contribution in [0.4, 0.5) is 22.7 Å². The molecule has 0 bridgehead atoms. The van der Waals surface area contributed by atoms with Crippen molar-refractivity contribution in [1.82, 2.24) is 9.55 Å². The van der Waals surface area contributed by atoms with Crippen LogP contribution in [0.5, 0.6) is 23.0 Å². The van der Waals surface area contributed by atoms with Crippen LogP contribution in [0.1, 0.15) is 101 Å². The van der Waals surface area contributed by atoms with Crippen molar-refractivity contribution >= 4 is 44.6 Å². The van der Waals surface area contributed by atoms with Gasteiger partial charge in [0, 0.05) is 57.0 Å². The second kappa shape index (κ2) is 19.2. The second-order valence-corrected chi connectivity index (χ2v) is 26.4. The van der Waals surface area contributed by atoms with Gasteiger partial charge in [-0.05, 0) is 127 Å². The lowest BCUT2D eigenvalue weighted by Gasteiger charge is -2.39. The van der Waals surface area contributed by atoms with E-state index < -0.39 is 5.41 Å². The maximum atomic E-state index is 6.95. The summed E-state index contributed by atoms with van der Waals surface area (Å²) < 4.78 is 16.0. The summed E-state index contributed by atoms with van der Waals surface area (Å²) in [5, 5.41) is 2.32. The van der Waals surface area contributed by atoms with Crippen LogP contribution in [-0.4, -0.2) is 16.2 Å². The third-order valence-corrected chi connectivity index (χ3v) is 18.0. The number of aromatic nitrogens is 2. The second-order valence-electron chi connectivity index (χ2n) is 26.4. The molecule has 10 aromatic carbocycles. The van der Waals surface area contributed by atoms with Gasteiger partial charge in [-0.25, -0.2) is 4.98 Å². The molecule has 85 heavy (non-hydrogen) atoms. The molecular weight excluding hydrogens is 1040 g/mol. The summed E-state index contributed by atoms with van der Waals surface area (Å²) >= 11 is 0. The molecule has 0 radical (unpaired) electrons. The van der Waals surface area contributed by atoms with Gasteiger partial charge in [-0.1, -0.05) is 220 Å². The molecule has 0 amide bonds. The molecule has 4 heterocycles. The van der Waals surface area contributed by atoms with Crippen LogP contribution in [0.15, 0.2) is 237 Å². The molecule has 2 aliphatic heterocycles. The van der Waals surface area contributed by atoms with Gasteiger partial charge in [0.15, 0.2) is 0 Å². The minimum absolute atomic E-state index is 0.00624. The zero-order valence-corrected chi connectivity index (χ0v) is 49.8. The fourth-order valence-electron chi connectivity index (χ4n) is 13.8. The highest BCUT2D eigenvalue weighted by molar-refractivity contribution is 6.10. The van der Waals surface area contributed by atoms with Gasteiger partial charge in [-0.3, -0.25) is 4.57 Å². The fraction of sp³-hybridized carbons (Fsp3) is 0.177. The molecule has 416 valence electrons. The van der Waals surface area contributed by atoms with E-state index in [0.717, 1.165) is 84.7 Å². The highest BCUT2D eigenvalue weighted by Gasteiger charge is 2.52. The average molecular weight is 1110 g/mol. The van der Waals surface area contributed by atoms with Gasteiger partial charge in [0.25, 0.3) is 0 Å². The zero-order chi connectivity index (χ0) is 58.1. The van der Waals surface area contributed by atoms with Crippen LogP contribution in [0.2, 0.25) is 0 Å². The fourth-order valence-corrected chi connectivity index (χ4v) is 13.8. The van der Waals surface area contributed by atoms with Gasteiger partial charge >= 0.3 is 0 Å². The maximum Gasteiger partial charge on any atom is 0.137 e. The smallest absolute Gasteiger partial charge is 0.137 e. The minimum Gasteiger partial charge on any atom is -0.457 e. The highest BCUT2D eigenvalue weighted by Crippen LogP contribution is 2.64. The largest absolute Gasteiger partial charge is 0.457 e. The standard InChI is InChI=1S/C79H68N4O2/c1-76(2,3)51-39-42-73(80-48-51)83-67-34-15-11-25-58(67)59-41-40-56(47-70(59)83)84-55-24-20-23-54(46-55)81-49-82(69-36-17-16-35-68(69)81)75-57(50-43-52(77(4,5)6)45-53(44-50)78(7,8)9)27-21-29-61(75)60-28-22-33-66-74(60)62-26-10-12-30-63(62)79(66)64-31-13-18-37-71(64)85-72-38-19-14-32-65(72)79/h10-48H,49H2,1-9H3. The normalized spacial score (nSPS) is 14.0. The Bertz CT molecular complexity index is 4580. The van der Waals surface area contributed by atoms with Crippen molar-refractivity contribution in [2.24, 2.45) is 0 Å². The molecule has 3 aliphatic rings. The van der Waals surface area contributed by atoms with Crippen LogP contribution >= 0.6 is 0 Å². The van der Waals surface area contributed by atoms with Crippen molar-refractivity contribution in [3.05, 3.63) is 276 Å². The van der Waals surface area contributed by atoms with Crippen molar-refractivity contribution in [2.45, 2.75) is 84.0 Å². The molecular formula is C79H68N4O2. The maximum absolute atomic E-state index is 6.95. The van der Waals surface area contributed by atoms with Gasteiger partial charge in [0.05, 0.1) is 33.5 Å². The third-order valence-electron chi connectivity index (χ3n) is 18.0. The molecule has 0 fully saturated rings. The molecule has 0 saturated heterocycles. The number of hydrogen-bond acceptors (Lipinski definition) is 5. The Kier molecular flexibility index (Phi) is 11.8. The summed E-state index contributed by atoms with van der Waals surface area (Å²) in [5.74, 6) is 4.14. The summed E-state index contributed by atoms with van der Waals surface area (Å²) in [7, 11) is 0. The molecule has 1 spiro atoms. The van der Waals surface area contributed by atoms with Gasteiger partial charge in [0.2, 0.25) is 0 Å².